The van der Waals surface area contributed by atoms with Crippen molar-refractivity contribution in [1.29, 1.82) is 0 Å². The monoisotopic (exact) mass is 494 g/mol. The second kappa shape index (κ2) is 11.6. The molecular weight excluding hydrogens is 470 g/mol. The van der Waals surface area contributed by atoms with Crippen LogP contribution in [0.5, 0.6) is 0 Å². The lowest BCUT2D eigenvalue weighted by Crippen LogP contribution is -2.37. The number of halogens is 3. The molecule has 11 heteroatoms. The summed E-state index contributed by atoms with van der Waals surface area (Å²) in [6, 6.07) is 8.12. The van der Waals surface area contributed by atoms with Gasteiger partial charge in [0.1, 0.15) is 17.3 Å². The molecule has 1 heterocycles. The number of para-hydroxylation sites is 1. The molecule has 2 aromatic carbocycles. The summed E-state index contributed by atoms with van der Waals surface area (Å²) >= 11 is 5.96. The molecule has 0 radical (unpaired) electrons. The highest BCUT2D eigenvalue weighted by atomic mass is 35.5. The number of hydrogen-bond donors (Lipinski definition) is 4. The van der Waals surface area contributed by atoms with Gasteiger partial charge in [0.05, 0.1) is 10.7 Å². The molecule has 3 amide bonds. The van der Waals surface area contributed by atoms with Crippen molar-refractivity contribution < 1.29 is 28.3 Å². The Bertz CT molecular complexity index is 1040. The maximum Gasteiger partial charge on any atom is 0.319 e. The van der Waals surface area contributed by atoms with Crippen LogP contribution < -0.4 is 20.9 Å². The van der Waals surface area contributed by atoms with E-state index in [1.807, 2.05) is 0 Å². The minimum atomic E-state index is -0.886. The van der Waals surface area contributed by atoms with E-state index in [9.17, 15) is 23.2 Å². The van der Waals surface area contributed by atoms with Crippen LogP contribution >= 0.6 is 11.6 Å². The fraction of sp³-hybridized carbons (Fsp3) is 0.348. The number of urea groups is 1. The van der Waals surface area contributed by atoms with Crippen molar-refractivity contribution in [3.05, 3.63) is 58.6 Å². The molecule has 0 atom stereocenters. The van der Waals surface area contributed by atoms with Gasteiger partial charge in [-0.05, 0) is 43.0 Å². The van der Waals surface area contributed by atoms with Crippen LogP contribution in [0.15, 0.2) is 36.4 Å². The van der Waals surface area contributed by atoms with E-state index in [2.05, 4.69) is 16.0 Å². The van der Waals surface area contributed by atoms with E-state index in [0.29, 0.717) is 36.6 Å². The maximum absolute atomic E-state index is 14.7. The first-order valence-electron chi connectivity index (χ1n) is 10.8. The van der Waals surface area contributed by atoms with Crippen LogP contribution in [0.25, 0.3) is 0 Å². The Morgan fingerprint density at radius 1 is 1.03 bits per heavy atom. The summed E-state index contributed by atoms with van der Waals surface area (Å²) < 4.78 is 29.3. The summed E-state index contributed by atoms with van der Waals surface area (Å²) in [5.41, 5.74) is 0.0334. The van der Waals surface area contributed by atoms with E-state index in [1.54, 1.807) is 24.3 Å². The number of carbonyl (C=O) groups is 3. The normalized spacial score (nSPS) is 13.9. The summed E-state index contributed by atoms with van der Waals surface area (Å²) in [7, 11) is 0. The number of rotatable bonds is 8. The van der Waals surface area contributed by atoms with E-state index in [-0.39, 0.29) is 36.7 Å². The summed E-state index contributed by atoms with van der Waals surface area (Å²) in [6.07, 6.45) is 1.07. The Morgan fingerprint density at radius 3 is 2.26 bits per heavy atom. The molecule has 1 aliphatic heterocycles. The molecule has 1 aliphatic rings. The van der Waals surface area contributed by atoms with Crippen LogP contribution in [0.2, 0.25) is 5.02 Å². The highest BCUT2D eigenvalue weighted by Crippen LogP contribution is 2.30. The smallest absolute Gasteiger partial charge is 0.319 e. The second-order valence-electron chi connectivity index (χ2n) is 7.93. The lowest BCUT2D eigenvalue weighted by atomic mass is 9.93. The van der Waals surface area contributed by atoms with Crippen LogP contribution in [0, 0.1) is 17.6 Å². The molecule has 0 aliphatic carbocycles. The van der Waals surface area contributed by atoms with Gasteiger partial charge in [0.15, 0.2) is 0 Å². The van der Waals surface area contributed by atoms with E-state index in [0.717, 1.165) is 12.1 Å². The lowest BCUT2D eigenvalue weighted by Gasteiger charge is -2.33. The number of nitrogens with one attached hydrogen (secondary N) is 3. The van der Waals surface area contributed by atoms with Gasteiger partial charge in [0, 0.05) is 38.2 Å². The van der Waals surface area contributed by atoms with Gasteiger partial charge < -0.3 is 26.0 Å². The van der Waals surface area contributed by atoms with Gasteiger partial charge in [-0.15, -0.1) is 0 Å². The molecule has 8 nitrogen and oxygen atoms in total. The zero-order valence-corrected chi connectivity index (χ0v) is 19.0. The third kappa shape index (κ3) is 6.80. The first-order valence-corrected chi connectivity index (χ1v) is 11.2. The number of carboxylic acids is 1. The van der Waals surface area contributed by atoms with Crippen molar-refractivity contribution in [2.24, 2.45) is 5.92 Å². The zero-order chi connectivity index (χ0) is 24.7. The van der Waals surface area contributed by atoms with Gasteiger partial charge in [-0.2, -0.15) is 0 Å². The SMILES string of the molecule is O=C(O)CC1CCN(c2c(F)cc(C(=O)NCCNC(=O)Nc3ccccc3Cl)cc2F)CC1. The zero-order valence-electron chi connectivity index (χ0n) is 18.2. The molecular formula is C23H25ClF2N4O4. The van der Waals surface area contributed by atoms with Crippen molar-refractivity contribution in [3.63, 3.8) is 0 Å². The van der Waals surface area contributed by atoms with Gasteiger partial charge in [-0.1, -0.05) is 23.7 Å². The number of amides is 3. The quantitative estimate of drug-likeness (QED) is 0.416. The third-order valence-corrected chi connectivity index (χ3v) is 5.82. The van der Waals surface area contributed by atoms with Crippen LogP contribution in [0.1, 0.15) is 29.6 Å². The molecule has 2 aromatic rings. The summed E-state index contributed by atoms with van der Waals surface area (Å²) in [6.45, 7) is 0.783. The number of carbonyl (C=O) groups excluding carboxylic acids is 2. The Balaban J connectivity index is 1.48. The minimum absolute atomic E-state index is 0.0229. The van der Waals surface area contributed by atoms with E-state index < -0.39 is 29.5 Å². The number of carboxylic acid groups (broad SMARTS) is 1. The molecule has 4 N–H and O–H groups in total. The van der Waals surface area contributed by atoms with Gasteiger partial charge in [0.25, 0.3) is 5.91 Å². The Morgan fingerprint density at radius 2 is 1.65 bits per heavy atom. The van der Waals surface area contributed by atoms with Crippen LogP contribution in [0.3, 0.4) is 0 Å². The molecule has 0 spiro atoms. The first-order chi connectivity index (χ1) is 16.2. The molecule has 1 saturated heterocycles. The number of hydrogen-bond acceptors (Lipinski definition) is 4. The lowest BCUT2D eigenvalue weighted by molar-refractivity contribution is -0.138. The third-order valence-electron chi connectivity index (χ3n) is 5.49. The van der Waals surface area contributed by atoms with Crippen molar-refractivity contribution in [1.82, 2.24) is 10.6 Å². The number of benzene rings is 2. The van der Waals surface area contributed by atoms with Gasteiger partial charge in [0.2, 0.25) is 0 Å². The Hall–Kier alpha value is -3.40. The van der Waals surface area contributed by atoms with E-state index in [4.69, 9.17) is 16.7 Å². The van der Waals surface area contributed by atoms with E-state index in [1.165, 1.54) is 4.90 Å². The first kappa shape index (κ1) is 25.2. The average molecular weight is 495 g/mol. The molecule has 0 aromatic heterocycles. The predicted molar refractivity (Wildman–Crippen MR) is 124 cm³/mol. The van der Waals surface area contributed by atoms with Crippen LogP contribution in [0.4, 0.5) is 25.0 Å². The Kier molecular flexibility index (Phi) is 8.64. The predicted octanol–water partition coefficient (Wildman–Crippen LogP) is 3.86. The second-order valence-corrected chi connectivity index (χ2v) is 8.34. The van der Waals surface area contributed by atoms with Crippen LogP contribution in [-0.2, 0) is 4.79 Å². The van der Waals surface area contributed by atoms with Gasteiger partial charge >= 0.3 is 12.0 Å². The molecule has 3 rings (SSSR count). The maximum atomic E-state index is 14.7. The van der Waals surface area contributed by atoms with Crippen molar-refractivity contribution in [2.75, 3.05) is 36.4 Å². The molecule has 0 unspecified atom stereocenters. The van der Waals surface area contributed by atoms with Crippen molar-refractivity contribution in [3.8, 4) is 0 Å². The molecule has 182 valence electrons. The topological polar surface area (TPSA) is 111 Å². The summed E-state index contributed by atoms with van der Waals surface area (Å²) in [4.78, 5) is 36.6. The molecule has 0 saturated carbocycles. The van der Waals surface area contributed by atoms with Crippen molar-refractivity contribution >= 4 is 40.9 Å². The standard InChI is InChI=1S/C23H25ClF2N4O4/c24-16-3-1-2-4-19(16)29-23(34)28-8-7-27-22(33)15-12-17(25)21(18(26)13-15)30-9-5-14(6-10-30)11-20(31)32/h1-4,12-14H,5-11H2,(H,27,33)(H,31,32)(H2,28,29,34). The highest BCUT2D eigenvalue weighted by Gasteiger charge is 2.26. The largest absolute Gasteiger partial charge is 0.481 e. The van der Waals surface area contributed by atoms with Crippen molar-refractivity contribution in [2.45, 2.75) is 19.3 Å². The van der Waals surface area contributed by atoms with Gasteiger partial charge in [-0.3, -0.25) is 9.59 Å². The Labute approximate surface area is 200 Å². The number of nitrogens with zero attached hydrogens (tertiary/aromatic N) is 1. The fourth-order valence-electron chi connectivity index (χ4n) is 3.79. The summed E-state index contributed by atoms with van der Waals surface area (Å²) in [5, 5.41) is 16.9. The van der Waals surface area contributed by atoms with Crippen LogP contribution in [-0.4, -0.2) is 49.2 Å². The fourth-order valence-corrected chi connectivity index (χ4v) is 3.97. The number of aliphatic carboxylic acids is 1. The van der Waals surface area contributed by atoms with Gasteiger partial charge in [-0.25, -0.2) is 13.6 Å². The molecule has 34 heavy (non-hydrogen) atoms. The summed E-state index contributed by atoms with van der Waals surface area (Å²) in [5.74, 6) is -3.32. The average Bonchev–Trinajstić information content (AvgIpc) is 2.78. The molecule has 0 bridgehead atoms. The molecule has 1 fully saturated rings. The van der Waals surface area contributed by atoms with E-state index >= 15 is 0 Å². The highest BCUT2D eigenvalue weighted by molar-refractivity contribution is 6.33. The minimum Gasteiger partial charge on any atom is -0.481 e. The number of anilines is 2. The number of piperidine rings is 1.